The molecule has 6 atom stereocenters. The summed E-state index contributed by atoms with van der Waals surface area (Å²) in [6, 6.07) is 26.1. The number of sulfonamides is 2. The van der Waals surface area contributed by atoms with Crippen LogP contribution in [0.5, 0.6) is 23.0 Å². The number of carbonyl (C=O) groups excluding carboxylic acids is 2. The molecule has 0 bridgehead atoms. The van der Waals surface area contributed by atoms with E-state index in [1.807, 2.05) is 60.2 Å². The number of urea groups is 1. The van der Waals surface area contributed by atoms with Crippen molar-refractivity contribution in [2.45, 2.75) is 119 Å². The standard InChI is InChI=1S/C67H78Cl3N9O10S2/c1-42-26-54(13-15-63(42)88-65-58-29-47(68)28-46(36-71)56(58)34-61(65)76(3)4)90(82,83)78-24-19-44(38-78)40-86-52-17-22-72-49(32-52)11-12-51(80)10-8-7-9-21-74-67(81)75-37-50-33-53(18-23-73-50)87-41-45-20-25-79(39-45)91(84,85)55-14-16-64(43(2)27-55)89-66-59-30-48(69)31-60(70)57(59)35-62(66)77(5)6/h13-18,22-23,26-33,44-45,61-62,65-66H,7-12,19-21,24-25,34-35,37-41H2,1-6H3,(H2,74,75,81)/t44-,45-,61-,62-,65-,66-/m0/s1. The Bertz CT molecular complexity index is 3930. The van der Waals surface area contributed by atoms with E-state index in [-0.39, 0.29) is 58.2 Å². The van der Waals surface area contributed by atoms with Crippen LogP contribution in [0, 0.1) is 37.0 Å². The van der Waals surface area contributed by atoms with Gasteiger partial charge in [0.15, 0.2) is 0 Å². The minimum Gasteiger partial charge on any atom is -0.493 e. The first-order valence-electron chi connectivity index (χ1n) is 30.8. The highest BCUT2D eigenvalue weighted by Gasteiger charge is 2.41. The van der Waals surface area contributed by atoms with E-state index in [1.165, 1.54) is 8.61 Å². The highest BCUT2D eigenvalue weighted by Crippen LogP contribution is 2.44. The van der Waals surface area contributed by atoms with Gasteiger partial charge in [0.1, 0.15) is 41.0 Å². The molecule has 2 N–H and O–H groups in total. The molecule has 10 rings (SSSR count). The van der Waals surface area contributed by atoms with Crippen molar-refractivity contribution >= 4 is 66.7 Å². The van der Waals surface area contributed by atoms with Crippen molar-refractivity contribution in [3.8, 4) is 29.1 Å². The third-order valence-corrected chi connectivity index (χ3v) is 22.2. The van der Waals surface area contributed by atoms with Gasteiger partial charge in [0, 0.05) is 108 Å². The first kappa shape index (κ1) is 67.3. The topological polar surface area (TPSA) is 226 Å². The summed E-state index contributed by atoms with van der Waals surface area (Å²) in [6.45, 7) is 6.29. The number of nitrogens with one attached hydrogen (secondary N) is 2. The number of pyridine rings is 2. The number of likely N-dealkylation sites (N-methyl/N-ethyl adjacent to an activating group) is 2. The van der Waals surface area contributed by atoms with E-state index < -0.39 is 26.2 Å². The summed E-state index contributed by atoms with van der Waals surface area (Å²) >= 11 is 19.4. The van der Waals surface area contributed by atoms with Crippen LogP contribution in [-0.4, -0.2) is 143 Å². The lowest BCUT2D eigenvalue weighted by molar-refractivity contribution is -0.119. The third-order valence-electron chi connectivity index (χ3n) is 17.7. The van der Waals surface area contributed by atoms with Crippen LogP contribution in [0.3, 0.4) is 0 Å². The zero-order chi connectivity index (χ0) is 64.7. The summed E-state index contributed by atoms with van der Waals surface area (Å²) in [6.07, 6.45) is 8.51. The summed E-state index contributed by atoms with van der Waals surface area (Å²) < 4.78 is 84.1. The van der Waals surface area contributed by atoms with Gasteiger partial charge in [-0.05, 0) is 188 Å². The van der Waals surface area contributed by atoms with Crippen molar-refractivity contribution in [2.24, 2.45) is 11.8 Å². The summed E-state index contributed by atoms with van der Waals surface area (Å²) in [7, 11) is 0.334. The molecule has 4 aromatic carbocycles. The molecule has 2 fully saturated rings. The van der Waals surface area contributed by atoms with E-state index in [2.05, 4.69) is 36.5 Å². The number of ketones is 1. The van der Waals surface area contributed by atoms with Crippen LogP contribution in [-0.2, 0) is 50.6 Å². The minimum absolute atomic E-state index is 0.0129. The molecular formula is C67H78Cl3N9O10S2. The van der Waals surface area contributed by atoms with E-state index in [9.17, 15) is 31.7 Å². The molecule has 484 valence electrons. The monoisotopic (exact) mass is 1340 g/mol. The summed E-state index contributed by atoms with van der Waals surface area (Å²) in [5, 5.41) is 17.1. The number of aryl methyl sites for hydroxylation is 3. The number of aromatic nitrogens is 2. The van der Waals surface area contributed by atoms with Crippen molar-refractivity contribution in [1.82, 2.24) is 39.0 Å². The van der Waals surface area contributed by atoms with E-state index in [4.69, 9.17) is 53.8 Å². The van der Waals surface area contributed by atoms with Gasteiger partial charge in [-0.3, -0.25) is 14.8 Å². The average Bonchev–Trinajstić information content (AvgIpc) is 1.95. The molecule has 0 radical (unpaired) electrons. The second-order valence-electron chi connectivity index (χ2n) is 24.6. The number of benzene rings is 4. The number of carbonyl (C=O) groups is 2. The SMILES string of the molecule is Cc1cc(S(=O)(=O)N2CC[C@H](COc3ccnc(CNC(=O)NCCCCCC(=O)CCc4cc(OC[C@H]5CCN(S(=O)(=O)c6ccc(O[C@H]7c8cc(Cl)cc(C#N)c8C[C@@H]7N(C)C)c(C)c6)C5)ccn4)c3)C2)ccc1O[C@H]1c2cc(Cl)cc(Cl)c2C[C@@H]1N(C)C. The quantitative estimate of drug-likeness (QED) is 0.0457. The van der Waals surface area contributed by atoms with Gasteiger partial charge in [-0.15, -0.1) is 0 Å². The molecule has 2 aliphatic carbocycles. The van der Waals surface area contributed by atoms with Crippen LogP contribution in [0.2, 0.25) is 15.1 Å². The summed E-state index contributed by atoms with van der Waals surface area (Å²) in [5.41, 5.74) is 6.94. The Morgan fingerprint density at radius 2 is 1.18 bits per heavy atom. The molecule has 2 saturated heterocycles. The molecule has 2 amide bonds. The maximum absolute atomic E-state index is 13.9. The van der Waals surface area contributed by atoms with Gasteiger partial charge in [0.05, 0.1) is 59.0 Å². The largest absolute Gasteiger partial charge is 0.493 e. The Morgan fingerprint density at radius 3 is 1.73 bits per heavy atom. The van der Waals surface area contributed by atoms with Gasteiger partial charge in [-0.2, -0.15) is 13.9 Å². The lowest BCUT2D eigenvalue weighted by Crippen LogP contribution is -2.35. The Hall–Kier alpha value is -6.58. The van der Waals surface area contributed by atoms with Gasteiger partial charge in [0.2, 0.25) is 20.0 Å². The number of nitriles is 1. The van der Waals surface area contributed by atoms with Gasteiger partial charge in [-0.25, -0.2) is 21.6 Å². The number of ether oxygens (including phenoxy) is 4. The molecule has 2 aromatic heterocycles. The first-order chi connectivity index (χ1) is 43.5. The zero-order valence-electron chi connectivity index (χ0n) is 52.1. The van der Waals surface area contributed by atoms with E-state index >= 15 is 0 Å². The fourth-order valence-corrected chi connectivity index (χ4v) is 16.5. The van der Waals surface area contributed by atoms with Crippen LogP contribution in [0.1, 0.15) is 107 Å². The van der Waals surface area contributed by atoms with Crippen molar-refractivity contribution in [2.75, 3.05) is 74.1 Å². The normalized spacial score (nSPS) is 19.9. The zero-order valence-corrected chi connectivity index (χ0v) is 56.0. The second-order valence-corrected chi connectivity index (χ2v) is 29.7. The van der Waals surface area contributed by atoms with Crippen molar-refractivity contribution in [3.63, 3.8) is 0 Å². The van der Waals surface area contributed by atoms with Gasteiger partial charge in [0.25, 0.3) is 0 Å². The van der Waals surface area contributed by atoms with Crippen LogP contribution >= 0.6 is 34.8 Å². The molecule has 0 spiro atoms. The first-order valence-corrected chi connectivity index (χ1v) is 34.8. The van der Waals surface area contributed by atoms with Crippen LogP contribution < -0.4 is 29.6 Å². The Balaban J connectivity index is 0.585. The Kier molecular flexibility index (Phi) is 21.9. The maximum atomic E-state index is 13.9. The van der Waals surface area contributed by atoms with Crippen LogP contribution in [0.4, 0.5) is 4.79 Å². The molecule has 91 heavy (non-hydrogen) atoms. The lowest BCUT2D eigenvalue weighted by Gasteiger charge is -2.28. The molecule has 0 unspecified atom stereocenters. The molecule has 24 heteroatoms. The molecule has 4 heterocycles. The average molecular weight is 1340 g/mol. The van der Waals surface area contributed by atoms with Crippen molar-refractivity contribution in [3.05, 3.63) is 163 Å². The number of fused-ring (bicyclic) bond motifs is 2. The number of nitrogens with zero attached hydrogens (tertiary/aromatic N) is 7. The second kappa shape index (κ2) is 29.6. The van der Waals surface area contributed by atoms with E-state index in [0.717, 1.165) is 34.4 Å². The van der Waals surface area contributed by atoms with Gasteiger partial charge in [-0.1, -0.05) is 41.2 Å². The van der Waals surface area contributed by atoms with Gasteiger partial charge < -0.3 is 39.4 Å². The van der Waals surface area contributed by atoms with E-state index in [0.29, 0.717) is 164 Å². The van der Waals surface area contributed by atoms with Gasteiger partial charge >= 0.3 is 6.03 Å². The summed E-state index contributed by atoms with van der Waals surface area (Å²) in [4.78, 5) is 38.9. The highest BCUT2D eigenvalue weighted by molar-refractivity contribution is 7.89. The van der Waals surface area contributed by atoms with E-state index in [1.54, 1.807) is 79.1 Å². The fourth-order valence-electron chi connectivity index (χ4n) is 12.5. The third kappa shape index (κ3) is 16.3. The number of Topliss-reactive ketones (excluding diaryl/α,β-unsaturated/α-hetero) is 1. The number of unbranched alkanes of at least 4 members (excludes halogenated alkanes) is 2. The lowest BCUT2D eigenvalue weighted by atomic mass is 10.0. The highest BCUT2D eigenvalue weighted by atomic mass is 35.5. The number of hydrogen-bond acceptors (Lipinski definition) is 15. The molecule has 19 nitrogen and oxygen atoms in total. The van der Waals surface area contributed by atoms with Crippen LogP contribution in [0.25, 0.3) is 0 Å². The Morgan fingerprint density at radius 1 is 0.648 bits per heavy atom. The van der Waals surface area contributed by atoms with Crippen molar-refractivity contribution in [1.29, 1.82) is 5.26 Å². The fraction of sp³-hybridized carbons (Fsp3) is 0.448. The molecule has 4 aliphatic rings. The summed E-state index contributed by atoms with van der Waals surface area (Å²) in [5.74, 6) is 2.40. The molecule has 6 aromatic rings. The number of hydrogen-bond donors (Lipinski definition) is 2. The van der Waals surface area contributed by atoms with Crippen LogP contribution in [0.15, 0.2) is 107 Å². The predicted octanol–water partition coefficient (Wildman–Crippen LogP) is 10.9. The molecular weight excluding hydrogens is 1260 g/mol. The molecule has 2 aliphatic heterocycles. The maximum Gasteiger partial charge on any atom is 0.315 e. The number of amides is 2. The number of halogens is 3. The predicted molar refractivity (Wildman–Crippen MR) is 349 cm³/mol. The Labute approximate surface area is 549 Å². The number of rotatable bonds is 27. The smallest absolute Gasteiger partial charge is 0.315 e. The van der Waals surface area contributed by atoms with Crippen molar-refractivity contribution < 1.29 is 45.4 Å². The molecule has 0 saturated carbocycles. The minimum atomic E-state index is -3.80.